The predicted molar refractivity (Wildman–Crippen MR) is 87.2 cm³/mol. The molecule has 0 N–H and O–H groups in total. The molecule has 2 heterocycles. The maximum absolute atomic E-state index is 12.5. The molecule has 3 rings (SSSR count). The first-order chi connectivity index (χ1) is 11.0. The minimum Gasteiger partial charge on any atom is -0.363 e. The average Bonchev–Trinajstić information content (AvgIpc) is 2.92. The van der Waals surface area contributed by atoms with Crippen molar-refractivity contribution in [1.82, 2.24) is 15.0 Å². The lowest BCUT2D eigenvalue weighted by atomic mass is 10.1. The number of hydrogen-bond acceptors (Lipinski definition) is 5. The van der Waals surface area contributed by atoms with Crippen LogP contribution in [-0.2, 0) is 11.2 Å². The third-order valence-corrected chi connectivity index (χ3v) is 4.20. The van der Waals surface area contributed by atoms with Crippen LogP contribution < -0.4 is 4.90 Å². The van der Waals surface area contributed by atoms with Crippen molar-refractivity contribution in [2.75, 3.05) is 18.0 Å². The Morgan fingerprint density at radius 1 is 1.22 bits per heavy atom. The van der Waals surface area contributed by atoms with Gasteiger partial charge in [-0.25, -0.2) is 0 Å². The first kappa shape index (κ1) is 15.5. The van der Waals surface area contributed by atoms with Crippen molar-refractivity contribution in [2.45, 2.75) is 39.3 Å². The van der Waals surface area contributed by atoms with Crippen molar-refractivity contribution in [3.63, 3.8) is 0 Å². The number of piperazine rings is 1. The van der Waals surface area contributed by atoms with E-state index >= 15 is 0 Å². The zero-order chi connectivity index (χ0) is 16.4. The largest absolute Gasteiger partial charge is 0.363 e. The van der Waals surface area contributed by atoms with Gasteiger partial charge in [0.05, 0.1) is 6.42 Å². The number of benzene rings is 1. The Morgan fingerprint density at radius 3 is 2.43 bits per heavy atom. The second-order valence-corrected chi connectivity index (χ2v) is 6.15. The third kappa shape index (κ3) is 3.36. The SMILES string of the molecule is Cc1nc(CC(=O)N2CC(C)N(c3ccccc3)C(C)C2)no1. The Hall–Kier alpha value is -2.37. The summed E-state index contributed by atoms with van der Waals surface area (Å²) in [5, 5.41) is 3.81. The van der Waals surface area contributed by atoms with Gasteiger partial charge in [-0.15, -0.1) is 0 Å². The number of amides is 1. The molecule has 2 atom stereocenters. The van der Waals surface area contributed by atoms with E-state index in [1.165, 1.54) is 5.69 Å². The molecular weight excluding hydrogens is 292 g/mol. The van der Waals surface area contributed by atoms with Gasteiger partial charge in [-0.1, -0.05) is 23.4 Å². The van der Waals surface area contributed by atoms with Crippen LogP contribution in [0.4, 0.5) is 5.69 Å². The van der Waals surface area contributed by atoms with E-state index in [4.69, 9.17) is 4.52 Å². The Morgan fingerprint density at radius 2 is 1.87 bits per heavy atom. The first-order valence-electron chi connectivity index (χ1n) is 7.95. The van der Waals surface area contributed by atoms with Gasteiger partial charge in [0.2, 0.25) is 11.8 Å². The maximum atomic E-state index is 12.5. The summed E-state index contributed by atoms with van der Waals surface area (Å²) in [5.41, 5.74) is 1.20. The lowest BCUT2D eigenvalue weighted by molar-refractivity contribution is -0.131. The van der Waals surface area contributed by atoms with E-state index in [1.54, 1.807) is 6.92 Å². The van der Waals surface area contributed by atoms with Crippen molar-refractivity contribution < 1.29 is 9.32 Å². The van der Waals surface area contributed by atoms with Gasteiger partial charge < -0.3 is 14.3 Å². The molecule has 6 nitrogen and oxygen atoms in total. The van der Waals surface area contributed by atoms with Crippen LogP contribution >= 0.6 is 0 Å². The number of anilines is 1. The minimum atomic E-state index is 0.0530. The van der Waals surface area contributed by atoms with Gasteiger partial charge in [-0.05, 0) is 26.0 Å². The number of carbonyl (C=O) groups excluding carboxylic acids is 1. The summed E-state index contributed by atoms with van der Waals surface area (Å²) in [6.45, 7) is 7.44. The van der Waals surface area contributed by atoms with E-state index in [-0.39, 0.29) is 24.4 Å². The normalized spacial score (nSPS) is 21.5. The molecule has 1 amide bonds. The molecule has 1 aliphatic rings. The summed E-state index contributed by atoms with van der Waals surface area (Å²) in [6.07, 6.45) is 0.197. The fraction of sp³-hybridized carbons (Fsp3) is 0.471. The maximum Gasteiger partial charge on any atom is 0.230 e. The Kier molecular flexibility index (Phi) is 4.32. The monoisotopic (exact) mass is 314 g/mol. The van der Waals surface area contributed by atoms with E-state index in [0.29, 0.717) is 24.8 Å². The number of carbonyl (C=O) groups is 1. The summed E-state index contributed by atoms with van der Waals surface area (Å²) in [5.74, 6) is 0.999. The van der Waals surface area contributed by atoms with Crippen molar-refractivity contribution in [2.24, 2.45) is 0 Å². The zero-order valence-electron chi connectivity index (χ0n) is 13.8. The molecule has 0 radical (unpaired) electrons. The van der Waals surface area contributed by atoms with Crippen molar-refractivity contribution in [3.8, 4) is 0 Å². The number of rotatable bonds is 3. The van der Waals surface area contributed by atoms with Crippen LogP contribution in [-0.4, -0.2) is 46.1 Å². The molecule has 1 aliphatic heterocycles. The average molecular weight is 314 g/mol. The van der Waals surface area contributed by atoms with Gasteiger partial charge in [-0.2, -0.15) is 4.98 Å². The van der Waals surface area contributed by atoms with E-state index in [0.717, 1.165) is 0 Å². The van der Waals surface area contributed by atoms with Gasteiger partial charge in [0.15, 0.2) is 5.82 Å². The van der Waals surface area contributed by atoms with Crippen LogP contribution in [0.1, 0.15) is 25.6 Å². The van der Waals surface area contributed by atoms with Crippen LogP contribution in [0.5, 0.6) is 0 Å². The van der Waals surface area contributed by atoms with Crippen LogP contribution in [0.3, 0.4) is 0 Å². The van der Waals surface area contributed by atoms with E-state index in [9.17, 15) is 4.79 Å². The van der Waals surface area contributed by atoms with Gasteiger partial charge in [0, 0.05) is 37.8 Å². The molecule has 6 heteroatoms. The van der Waals surface area contributed by atoms with Crippen LogP contribution in [0, 0.1) is 6.92 Å². The third-order valence-electron chi connectivity index (χ3n) is 4.20. The smallest absolute Gasteiger partial charge is 0.230 e. The number of aromatic nitrogens is 2. The van der Waals surface area contributed by atoms with Crippen LogP contribution in [0.15, 0.2) is 34.9 Å². The molecule has 1 aromatic heterocycles. The Bertz CT molecular complexity index is 658. The molecule has 122 valence electrons. The molecule has 1 saturated heterocycles. The number of hydrogen-bond donors (Lipinski definition) is 0. The molecule has 23 heavy (non-hydrogen) atoms. The van der Waals surface area contributed by atoms with Crippen LogP contribution in [0.2, 0.25) is 0 Å². The molecule has 2 unspecified atom stereocenters. The van der Waals surface area contributed by atoms with Gasteiger partial charge in [-0.3, -0.25) is 4.79 Å². The summed E-state index contributed by atoms with van der Waals surface area (Å²) >= 11 is 0. The fourth-order valence-electron chi connectivity index (χ4n) is 3.30. The summed E-state index contributed by atoms with van der Waals surface area (Å²) < 4.78 is 4.93. The van der Waals surface area contributed by atoms with Gasteiger partial charge in [0.25, 0.3) is 0 Å². The molecule has 2 aromatic rings. The Balaban J connectivity index is 1.67. The minimum absolute atomic E-state index is 0.0530. The van der Waals surface area contributed by atoms with Gasteiger partial charge in [0.1, 0.15) is 0 Å². The summed E-state index contributed by atoms with van der Waals surface area (Å²) in [6, 6.07) is 10.9. The lowest BCUT2D eigenvalue weighted by Gasteiger charge is -2.45. The van der Waals surface area contributed by atoms with Gasteiger partial charge >= 0.3 is 0 Å². The van der Waals surface area contributed by atoms with E-state index < -0.39 is 0 Å². The molecule has 0 aliphatic carbocycles. The van der Waals surface area contributed by atoms with Crippen molar-refractivity contribution in [1.29, 1.82) is 0 Å². The highest BCUT2D eigenvalue weighted by molar-refractivity contribution is 5.78. The topological polar surface area (TPSA) is 62.5 Å². The number of para-hydroxylation sites is 1. The molecule has 1 aromatic carbocycles. The van der Waals surface area contributed by atoms with E-state index in [1.807, 2.05) is 23.1 Å². The van der Waals surface area contributed by atoms with Crippen LogP contribution in [0.25, 0.3) is 0 Å². The molecule has 1 fully saturated rings. The second kappa shape index (κ2) is 6.40. The highest BCUT2D eigenvalue weighted by Crippen LogP contribution is 2.24. The molecular formula is C17H22N4O2. The highest BCUT2D eigenvalue weighted by Gasteiger charge is 2.32. The summed E-state index contributed by atoms with van der Waals surface area (Å²) in [7, 11) is 0. The zero-order valence-corrected chi connectivity index (χ0v) is 13.8. The second-order valence-electron chi connectivity index (χ2n) is 6.15. The highest BCUT2D eigenvalue weighted by atomic mass is 16.5. The standard InChI is InChI=1S/C17H22N4O2/c1-12-10-20(17(22)9-16-18-14(3)23-19-16)11-13(2)21(12)15-7-5-4-6-8-15/h4-8,12-13H,9-11H2,1-3H3. The molecule has 0 spiro atoms. The number of nitrogens with zero attached hydrogens (tertiary/aromatic N) is 4. The van der Waals surface area contributed by atoms with Crippen molar-refractivity contribution >= 4 is 11.6 Å². The van der Waals surface area contributed by atoms with E-state index in [2.05, 4.69) is 41.0 Å². The molecule has 0 bridgehead atoms. The van der Waals surface area contributed by atoms with Crippen molar-refractivity contribution in [3.05, 3.63) is 42.0 Å². The number of aryl methyl sites for hydroxylation is 1. The summed E-state index contributed by atoms with van der Waals surface area (Å²) in [4.78, 5) is 20.9. The predicted octanol–water partition coefficient (Wildman–Crippen LogP) is 2.05. The lowest BCUT2D eigenvalue weighted by Crippen LogP contribution is -2.58. The fourth-order valence-corrected chi connectivity index (χ4v) is 3.30. The first-order valence-corrected chi connectivity index (χ1v) is 7.95. The quantitative estimate of drug-likeness (QED) is 0.867. The molecule has 0 saturated carbocycles. The Labute approximate surface area is 136 Å².